The van der Waals surface area contributed by atoms with Crippen molar-refractivity contribution in [2.24, 2.45) is 0 Å². The van der Waals surface area contributed by atoms with Crippen molar-refractivity contribution in [1.29, 1.82) is 0 Å². The maximum atomic E-state index is 13.6. The normalized spacial score (nSPS) is 10.6. The Morgan fingerprint density at radius 1 is 1.09 bits per heavy atom. The van der Waals surface area contributed by atoms with Crippen molar-refractivity contribution in [3.8, 4) is 11.5 Å². The van der Waals surface area contributed by atoms with Crippen LogP contribution in [-0.2, 0) is 17.7 Å². The molecule has 0 aliphatic rings. The number of thiazole rings is 1. The molecule has 0 aliphatic heterocycles. The van der Waals surface area contributed by atoms with Gasteiger partial charge in [-0.1, -0.05) is 30.3 Å². The van der Waals surface area contributed by atoms with Crippen LogP contribution in [0.5, 0.6) is 11.5 Å². The lowest BCUT2D eigenvalue weighted by atomic mass is 10.1. The van der Waals surface area contributed by atoms with Crippen molar-refractivity contribution in [3.05, 3.63) is 74.1 Å². The molecule has 180 valence electrons. The minimum Gasteiger partial charge on any atom is -0.495 e. The van der Waals surface area contributed by atoms with Crippen LogP contribution >= 0.6 is 27.3 Å². The van der Waals surface area contributed by atoms with Crippen LogP contribution in [0.4, 0.5) is 0 Å². The summed E-state index contributed by atoms with van der Waals surface area (Å²) in [5, 5.41) is 2.32. The predicted molar refractivity (Wildman–Crippen MR) is 135 cm³/mol. The first-order valence-electron chi connectivity index (χ1n) is 10.8. The molecule has 0 radical (unpaired) electrons. The van der Waals surface area contributed by atoms with Gasteiger partial charge < -0.3 is 19.1 Å². The van der Waals surface area contributed by atoms with Gasteiger partial charge in [-0.05, 0) is 53.4 Å². The smallest absolute Gasteiger partial charge is 0.357 e. The van der Waals surface area contributed by atoms with E-state index in [9.17, 15) is 9.59 Å². The molecule has 0 saturated carbocycles. The second kappa shape index (κ2) is 12.5. The zero-order chi connectivity index (χ0) is 24.5. The number of nitrogens with zero attached hydrogens (tertiary/aromatic N) is 2. The van der Waals surface area contributed by atoms with E-state index in [2.05, 4.69) is 33.0 Å². The zero-order valence-corrected chi connectivity index (χ0v) is 21.8. The molecule has 0 unspecified atom stereocenters. The van der Waals surface area contributed by atoms with Crippen LogP contribution < -0.4 is 9.47 Å². The van der Waals surface area contributed by atoms with E-state index >= 15 is 0 Å². The lowest BCUT2D eigenvalue weighted by Gasteiger charge is -2.23. The quantitative estimate of drug-likeness (QED) is 0.300. The molecule has 0 saturated heterocycles. The summed E-state index contributed by atoms with van der Waals surface area (Å²) < 4.78 is 16.5. The standard InChI is InChI=1S/C25H27BrN2O5S/c1-4-33-25(30)19-16-34-22(27-19)15-28(12-8-11-17-9-6-5-7-10-17)24(29)18-13-20(31-2)23(26)21(14-18)32-3/h5-7,9-10,13-14,16H,4,8,11-12,15H2,1-3H3. The Labute approximate surface area is 211 Å². The van der Waals surface area contributed by atoms with Crippen molar-refractivity contribution in [2.75, 3.05) is 27.4 Å². The van der Waals surface area contributed by atoms with E-state index in [-0.39, 0.29) is 24.8 Å². The van der Waals surface area contributed by atoms with Crippen LogP contribution in [0.1, 0.15) is 44.8 Å². The van der Waals surface area contributed by atoms with Crippen LogP contribution in [0.15, 0.2) is 52.3 Å². The van der Waals surface area contributed by atoms with Gasteiger partial charge >= 0.3 is 5.97 Å². The van der Waals surface area contributed by atoms with Gasteiger partial charge in [0.25, 0.3) is 5.91 Å². The van der Waals surface area contributed by atoms with Gasteiger partial charge in [-0.15, -0.1) is 11.3 Å². The van der Waals surface area contributed by atoms with E-state index in [0.717, 1.165) is 12.8 Å². The SMILES string of the molecule is CCOC(=O)c1csc(CN(CCCc2ccccc2)C(=O)c2cc(OC)c(Br)c(OC)c2)n1. The number of hydrogen-bond donors (Lipinski definition) is 0. The largest absolute Gasteiger partial charge is 0.495 e. The number of ether oxygens (including phenoxy) is 3. The summed E-state index contributed by atoms with van der Waals surface area (Å²) in [5.74, 6) is 0.371. The zero-order valence-electron chi connectivity index (χ0n) is 19.4. The number of carbonyl (C=O) groups is 2. The van der Waals surface area contributed by atoms with Crippen molar-refractivity contribution in [1.82, 2.24) is 9.88 Å². The summed E-state index contributed by atoms with van der Waals surface area (Å²) in [4.78, 5) is 31.7. The molecule has 0 bridgehead atoms. The Morgan fingerprint density at radius 3 is 2.38 bits per heavy atom. The Bertz CT molecular complexity index is 1090. The molecule has 0 aliphatic carbocycles. The molecular formula is C25H27BrN2O5S. The van der Waals surface area contributed by atoms with Gasteiger partial charge in [-0.25, -0.2) is 9.78 Å². The number of methoxy groups -OCH3 is 2. The fraction of sp³-hybridized carbons (Fsp3) is 0.320. The molecule has 1 heterocycles. The maximum Gasteiger partial charge on any atom is 0.357 e. The van der Waals surface area contributed by atoms with Crippen LogP contribution in [-0.4, -0.2) is 49.1 Å². The summed E-state index contributed by atoms with van der Waals surface area (Å²) in [6.45, 7) is 2.82. The van der Waals surface area contributed by atoms with Gasteiger partial charge in [0.2, 0.25) is 0 Å². The molecule has 3 rings (SSSR count). The average molecular weight is 547 g/mol. The minimum atomic E-state index is -0.464. The molecule has 3 aromatic rings. The fourth-order valence-electron chi connectivity index (χ4n) is 3.39. The van der Waals surface area contributed by atoms with Gasteiger partial charge in [-0.2, -0.15) is 0 Å². The molecular weight excluding hydrogens is 520 g/mol. The Hall–Kier alpha value is -2.91. The summed E-state index contributed by atoms with van der Waals surface area (Å²) in [7, 11) is 3.08. The van der Waals surface area contributed by atoms with Crippen LogP contribution in [0, 0.1) is 0 Å². The van der Waals surface area contributed by atoms with Crippen LogP contribution in [0.2, 0.25) is 0 Å². The highest BCUT2D eigenvalue weighted by molar-refractivity contribution is 9.10. The average Bonchev–Trinajstić information content (AvgIpc) is 3.33. The monoisotopic (exact) mass is 546 g/mol. The van der Waals surface area contributed by atoms with Gasteiger partial charge in [0.05, 0.1) is 27.4 Å². The number of hydrogen-bond acceptors (Lipinski definition) is 7. The number of esters is 1. The number of aryl methyl sites for hydroxylation is 1. The molecule has 1 amide bonds. The van der Waals surface area contributed by atoms with E-state index in [4.69, 9.17) is 14.2 Å². The van der Waals surface area contributed by atoms with Gasteiger partial charge in [0, 0.05) is 17.5 Å². The highest BCUT2D eigenvalue weighted by Gasteiger charge is 2.22. The molecule has 0 fully saturated rings. The fourth-order valence-corrected chi connectivity index (χ4v) is 4.72. The van der Waals surface area contributed by atoms with Crippen molar-refractivity contribution in [3.63, 3.8) is 0 Å². The third-order valence-corrected chi connectivity index (χ3v) is 6.69. The first-order valence-corrected chi connectivity index (χ1v) is 12.5. The topological polar surface area (TPSA) is 78.0 Å². The highest BCUT2D eigenvalue weighted by atomic mass is 79.9. The van der Waals surface area contributed by atoms with E-state index < -0.39 is 5.97 Å². The summed E-state index contributed by atoms with van der Waals surface area (Å²) in [6, 6.07) is 13.5. The summed E-state index contributed by atoms with van der Waals surface area (Å²) in [5.41, 5.74) is 1.91. The molecule has 7 nitrogen and oxygen atoms in total. The number of aromatic nitrogens is 1. The second-order valence-corrected chi connectivity index (χ2v) is 9.09. The number of halogens is 1. The Kier molecular flexibility index (Phi) is 9.47. The number of rotatable bonds is 11. The molecule has 0 atom stereocenters. The number of benzene rings is 2. The van der Waals surface area contributed by atoms with Crippen molar-refractivity contribution >= 4 is 39.1 Å². The van der Waals surface area contributed by atoms with Gasteiger partial charge in [-0.3, -0.25) is 4.79 Å². The Morgan fingerprint density at radius 2 is 1.76 bits per heavy atom. The van der Waals surface area contributed by atoms with Gasteiger partial charge in [0.1, 0.15) is 21.0 Å². The highest BCUT2D eigenvalue weighted by Crippen LogP contribution is 2.36. The predicted octanol–water partition coefficient (Wildman–Crippen LogP) is 5.37. The number of amides is 1. The van der Waals surface area contributed by atoms with Gasteiger partial charge in [0.15, 0.2) is 5.69 Å². The lowest BCUT2D eigenvalue weighted by molar-refractivity contribution is 0.0520. The van der Waals surface area contributed by atoms with Crippen LogP contribution in [0.3, 0.4) is 0 Å². The van der Waals surface area contributed by atoms with Crippen molar-refractivity contribution in [2.45, 2.75) is 26.3 Å². The molecule has 9 heteroatoms. The lowest BCUT2D eigenvalue weighted by Crippen LogP contribution is -2.32. The minimum absolute atomic E-state index is 0.176. The molecule has 0 N–H and O–H groups in total. The van der Waals surface area contributed by atoms with E-state index in [1.165, 1.54) is 31.1 Å². The third kappa shape index (κ3) is 6.57. The van der Waals surface area contributed by atoms with E-state index in [1.54, 1.807) is 29.3 Å². The molecule has 2 aromatic carbocycles. The third-order valence-electron chi connectivity index (χ3n) is 5.08. The van der Waals surface area contributed by atoms with E-state index in [0.29, 0.717) is 33.1 Å². The Balaban J connectivity index is 1.83. The number of carbonyl (C=O) groups excluding carboxylic acids is 2. The maximum absolute atomic E-state index is 13.6. The first-order chi connectivity index (χ1) is 16.5. The molecule has 34 heavy (non-hydrogen) atoms. The van der Waals surface area contributed by atoms with Crippen molar-refractivity contribution < 1.29 is 23.8 Å². The second-order valence-electron chi connectivity index (χ2n) is 7.36. The summed E-state index contributed by atoms with van der Waals surface area (Å²) >= 11 is 4.78. The van der Waals surface area contributed by atoms with Crippen LogP contribution in [0.25, 0.3) is 0 Å². The molecule has 1 aromatic heterocycles. The van der Waals surface area contributed by atoms with E-state index in [1.807, 2.05) is 18.2 Å². The molecule has 0 spiro atoms. The first kappa shape index (κ1) is 25.7. The summed E-state index contributed by atoms with van der Waals surface area (Å²) in [6.07, 6.45) is 1.61.